The van der Waals surface area contributed by atoms with Gasteiger partial charge in [0, 0.05) is 0 Å². The number of nitrogens with zero attached hydrogens (tertiary/aromatic N) is 1. The summed E-state index contributed by atoms with van der Waals surface area (Å²) < 4.78 is 30.8. The Kier molecular flexibility index (Phi) is 6.02. The third kappa shape index (κ3) is 5.75. The molecule has 1 aromatic heterocycles. The lowest BCUT2D eigenvalue weighted by molar-refractivity contribution is -0.142. The van der Waals surface area contributed by atoms with E-state index in [2.05, 4.69) is 30.4 Å². The molecule has 0 radical (unpaired) electrons. The molecule has 0 bridgehead atoms. The first-order valence-electron chi connectivity index (χ1n) is 5.31. The van der Waals surface area contributed by atoms with Gasteiger partial charge in [0.05, 0.1) is 35.1 Å². The van der Waals surface area contributed by atoms with Crippen molar-refractivity contribution in [1.82, 2.24) is 4.98 Å². The Bertz CT molecular complexity index is 565. The van der Waals surface area contributed by atoms with Crippen molar-refractivity contribution in [2.75, 3.05) is 17.1 Å². The number of hydrogen-bond acceptors (Lipinski definition) is 5. The van der Waals surface area contributed by atoms with Crippen molar-refractivity contribution >= 4 is 49.2 Å². The molecule has 0 unspecified atom stereocenters. The molecule has 1 N–H and O–H groups in total. The van der Waals surface area contributed by atoms with Crippen LogP contribution in [-0.4, -0.2) is 31.7 Å². The van der Waals surface area contributed by atoms with E-state index in [1.807, 2.05) is 0 Å². The maximum atomic E-state index is 11.7. The van der Waals surface area contributed by atoms with Gasteiger partial charge in [-0.3, -0.25) is 9.52 Å². The number of aromatic nitrogens is 1. The van der Waals surface area contributed by atoms with Crippen molar-refractivity contribution in [3.05, 3.63) is 21.9 Å². The highest BCUT2D eigenvalue weighted by atomic mass is 79.9. The van der Waals surface area contributed by atoms with Crippen molar-refractivity contribution in [2.24, 2.45) is 0 Å². The van der Waals surface area contributed by atoms with Crippen molar-refractivity contribution in [3.8, 4) is 0 Å². The summed E-state index contributed by atoms with van der Waals surface area (Å²) in [6.07, 6.45) is 1.08. The number of nitrogens with one attached hydrogen (secondary N) is 1. The normalized spacial score (nSPS) is 11.1. The van der Waals surface area contributed by atoms with Crippen LogP contribution in [0.5, 0.6) is 0 Å². The van der Waals surface area contributed by atoms with Gasteiger partial charge in [0.1, 0.15) is 5.15 Å². The Morgan fingerprint density at radius 3 is 2.84 bits per heavy atom. The van der Waals surface area contributed by atoms with Gasteiger partial charge < -0.3 is 4.74 Å². The quantitative estimate of drug-likeness (QED) is 0.612. The van der Waals surface area contributed by atoms with E-state index in [4.69, 9.17) is 11.6 Å². The summed E-state index contributed by atoms with van der Waals surface area (Å²) in [7, 11) is -3.63. The molecule has 0 saturated carbocycles. The molecule has 0 spiro atoms. The summed E-state index contributed by atoms with van der Waals surface area (Å²) >= 11 is 8.83. The molecule has 0 aliphatic heterocycles. The number of pyridine rings is 1. The van der Waals surface area contributed by atoms with Crippen LogP contribution in [0.25, 0.3) is 0 Å². The first kappa shape index (κ1) is 16.2. The molecule has 6 nitrogen and oxygen atoms in total. The maximum absolute atomic E-state index is 11.7. The number of esters is 1. The standard InChI is InChI=1S/C10H12BrClN2O4S/c1-2-18-9(15)3-4-19(16,17)14-7-5-8(11)10(12)13-6-7/h5-6,14H,2-4H2,1H3. The van der Waals surface area contributed by atoms with Gasteiger partial charge in [-0.15, -0.1) is 0 Å². The van der Waals surface area contributed by atoms with Gasteiger partial charge in [-0.25, -0.2) is 13.4 Å². The van der Waals surface area contributed by atoms with Gasteiger partial charge in [-0.05, 0) is 28.9 Å². The second-order valence-electron chi connectivity index (χ2n) is 3.47. The molecule has 19 heavy (non-hydrogen) atoms. The molecule has 0 amide bonds. The lowest BCUT2D eigenvalue weighted by Gasteiger charge is -2.08. The second kappa shape index (κ2) is 7.06. The number of hydrogen-bond donors (Lipinski definition) is 1. The van der Waals surface area contributed by atoms with Crippen LogP contribution in [0.4, 0.5) is 5.69 Å². The van der Waals surface area contributed by atoms with Gasteiger partial charge >= 0.3 is 5.97 Å². The molecular formula is C10H12BrClN2O4S. The van der Waals surface area contributed by atoms with Gasteiger partial charge in [0.25, 0.3) is 0 Å². The van der Waals surface area contributed by atoms with Crippen LogP contribution in [0.15, 0.2) is 16.7 Å². The lowest BCUT2D eigenvalue weighted by Crippen LogP contribution is -2.20. The molecule has 0 aromatic carbocycles. The fourth-order valence-corrected chi connectivity index (χ4v) is 2.62. The maximum Gasteiger partial charge on any atom is 0.306 e. The van der Waals surface area contributed by atoms with Crippen LogP contribution in [0.1, 0.15) is 13.3 Å². The summed E-state index contributed by atoms with van der Waals surface area (Å²) in [4.78, 5) is 14.9. The van der Waals surface area contributed by atoms with Gasteiger partial charge in [0.15, 0.2) is 0 Å². The van der Waals surface area contributed by atoms with Gasteiger partial charge in [-0.1, -0.05) is 11.6 Å². The van der Waals surface area contributed by atoms with Crippen LogP contribution in [0.3, 0.4) is 0 Å². The minimum absolute atomic E-state index is 0.203. The minimum atomic E-state index is -3.63. The first-order valence-corrected chi connectivity index (χ1v) is 8.13. The zero-order chi connectivity index (χ0) is 14.5. The molecule has 0 aliphatic carbocycles. The van der Waals surface area contributed by atoms with Crippen LogP contribution in [0.2, 0.25) is 5.15 Å². The highest BCUT2D eigenvalue weighted by Gasteiger charge is 2.14. The summed E-state index contributed by atoms with van der Waals surface area (Å²) in [6, 6.07) is 1.48. The Morgan fingerprint density at radius 1 is 1.58 bits per heavy atom. The molecule has 0 aliphatic rings. The molecule has 1 aromatic rings. The summed E-state index contributed by atoms with van der Waals surface area (Å²) in [6.45, 7) is 1.88. The van der Waals surface area contributed by atoms with E-state index in [0.717, 1.165) is 0 Å². The molecular weight excluding hydrogens is 360 g/mol. The number of carbonyl (C=O) groups excluding carboxylic acids is 1. The Morgan fingerprint density at radius 2 is 2.26 bits per heavy atom. The number of sulfonamides is 1. The molecule has 106 valence electrons. The average molecular weight is 372 g/mol. The predicted molar refractivity (Wildman–Crippen MR) is 75.6 cm³/mol. The van der Waals surface area contributed by atoms with E-state index in [-0.39, 0.29) is 29.6 Å². The van der Waals surface area contributed by atoms with E-state index in [1.165, 1.54) is 12.3 Å². The third-order valence-electron chi connectivity index (χ3n) is 1.95. The minimum Gasteiger partial charge on any atom is -0.466 e. The van der Waals surface area contributed by atoms with Crippen molar-refractivity contribution in [2.45, 2.75) is 13.3 Å². The molecule has 9 heteroatoms. The van der Waals surface area contributed by atoms with Crippen LogP contribution >= 0.6 is 27.5 Å². The van der Waals surface area contributed by atoms with Crippen LogP contribution in [-0.2, 0) is 19.6 Å². The molecule has 1 rings (SSSR count). The average Bonchev–Trinajstić information content (AvgIpc) is 2.32. The van der Waals surface area contributed by atoms with Crippen LogP contribution < -0.4 is 4.72 Å². The van der Waals surface area contributed by atoms with E-state index >= 15 is 0 Å². The Balaban J connectivity index is 2.64. The number of anilines is 1. The second-order valence-corrected chi connectivity index (χ2v) is 6.53. The van der Waals surface area contributed by atoms with Crippen molar-refractivity contribution in [1.29, 1.82) is 0 Å². The zero-order valence-electron chi connectivity index (χ0n) is 10.0. The topological polar surface area (TPSA) is 85.4 Å². The highest BCUT2D eigenvalue weighted by molar-refractivity contribution is 9.10. The SMILES string of the molecule is CCOC(=O)CCS(=O)(=O)Nc1cnc(Cl)c(Br)c1. The van der Waals surface area contributed by atoms with Crippen LogP contribution in [0, 0.1) is 0 Å². The summed E-state index contributed by atoms with van der Waals surface area (Å²) in [5.74, 6) is -0.908. The molecule has 1 heterocycles. The molecule has 0 saturated heterocycles. The highest BCUT2D eigenvalue weighted by Crippen LogP contribution is 2.23. The predicted octanol–water partition coefficient (Wildman–Crippen LogP) is 2.19. The molecule has 0 fully saturated rings. The smallest absolute Gasteiger partial charge is 0.306 e. The Hall–Kier alpha value is -0.860. The van der Waals surface area contributed by atoms with E-state index in [0.29, 0.717) is 4.47 Å². The largest absolute Gasteiger partial charge is 0.466 e. The first-order chi connectivity index (χ1) is 8.84. The summed E-state index contributed by atoms with van der Waals surface area (Å²) in [5, 5.41) is 0.231. The monoisotopic (exact) mass is 370 g/mol. The number of carbonyl (C=O) groups is 1. The fraction of sp³-hybridized carbons (Fsp3) is 0.400. The van der Waals surface area contributed by atoms with Gasteiger partial charge in [-0.2, -0.15) is 0 Å². The number of rotatable bonds is 6. The van der Waals surface area contributed by atoms with Gasteiger partial charge in [0.2, 0.25) is 10.0 Å². The fourth-order valence-electron chi connectivity index (χ4n) is 1.16. The Labute approximate surface area is 124 Å². The van der Waals surface area contributed by atoms with Crippen molar-refractivity contribution in [3.63, 3.8) is 0 Å². The summed E-state index contributed by atoms with van der Waals surface area (Å²) in [5.41, 5.74) is 0.264. The number of ether oxygens (including phenoxy) is 1. The zero-order valence-corrected chi connectivity index (χ0v) is 13.2. The molecule has 0 atom stereocenters. The van der Waals surface area contributed by atoms with E-state index in [9.17, 15) is 13.2 Å². The number of halogens is 2. The lowest BCUT2D eigenvalue weighted by atomic mass is 10.4. The van der Waals surface area contributed by atoms with E-state index < -0.39 is 16.0 Å². The van der Waals surface area contributed by atoms with E-state index in [1.54, 1.807) is 6.92 Å². The third-order valence-corrected chi connectivity index (χ3v) is 4.37. The van der Waals surface area contributed by atoms with Crippen molar-refractivity contribution < 1.29 is 17.9 Å².